The van der Waals surface area contributed by atoms with Gasteiger partial charge in [0.2, 0.25) is 11.5 Å². The van der Waals surface area contributed by atoms with Gasteiger partial charge in [0.15, 0.2) is 6.29 Å². The van der Waals surface area contributed by atoms with E-state index >= 15 is 0 Å². The van der Waals surface area contributed by atoms with Crippen LogP contribution in [0, 0.1) is 5.82 Å². The molecule has 1 aromatic rings. The Morgan fingerprint density at radius 2 is 1.71 bits per heavy atom. The SMILES string of the molecule is O=c1[nH]c(=O)n(C2(CO)O[C@H](CO)C(O[C@@H]3OC(CO)[C@H](O)[C@@H](O)C3O)[C@H]2O)cc1F. The number of aromatic amines is 1. The number of aliphatic hydroxyl groups excluding tert-OH is 7. The van der Waals surface area contributed by atoms with Crippen molar-refractivity contribution in [1.29, 1.82) is 0 Å². The van der Waals surface area contributed by atoms with Crippen LogP contribution in [0.15, 0.2) is 15.8 Å². The van der Waals surface area contributed by atoms with Gasteiger partial charge < -0.3 is 50.0 Å². The molecule has 3 heterocycles. The first-order valence-corrected chi connectivity index (χ1v) is 9.16. The summed E-state index contributed by atoms with van der Waals surface area (Å²) in [5.74, 6) is -1.43. The number of nitrogens with zero attached hydrogens (tertiary/aromatic N) is 1. The maximum Gasteiger partial charge on any atom is 0.331 e. The Morgan fingerprint density at radius 1 is 1.06 bits per heavy atom. The number of ether oxygens (including phenoxy) is 3. The second-order valence-corrected chi connectivity index (χ2v) is 7.19. The van der Waals surface area contributed by atoms with Gasteiger partial charge in [-0.2, -0.15) is 4.39 Å². The second-order valence-electron chi connectivity index (χ2n) is 7.19. The summed E-state index contributed by atoms with van der Waals surface area (Å²) in [7, 11) is 0. The maximum absolute atomic E-state index is 13.8. The maximum atomic E-state index is 13.8. The zero-order valence-electron chi connectivity index (χ0n) is 15.8. The lowest BCUT2D eigenvalue weighted by atomic mass is 9.98. The van der Waals surface area contributed by atoms with E-state index in [0.717, 1.165) is 0 Å². The molecule has 0 aromatic carbocycles. The number of rotatable bonds is 6. The molecule has 2 aliphatic rings. The van der Waals surface area contributed by atoms with E-state index in [9.17, 15) is 49.7 Å². The third-order valence-corrected chi connectivity index (χ3v) is 5.35. The van der Waals surface area contributed by atoms with Gasteiger partial charge in [-0.1, -0.05) is 0 Å². The fourth-order valence-corrected chi connectivity index (χ4v) is 3.63. The summed E-state index contributed by atoms with van der Waals surface area (Å²) in [4.78, 5) is 25.1. The van der Waals surface area contributed by atoms with Gasteiger partial charge in [0, 0.05) is 0 Å². The molecular formula is C16H23FN2O12. The molecule has 15 heteroatoms. The lowest BCUT2D eigenvalue weighted by Gasteiger charge is -2.41. The number of hydrogen-bond donors (Lipinski definition) is 8. The van der Waals surface area contributed by atoms with Crippen molar-refractivity contribution in [2.45, 2.75) is 54.7 Å². The highest BCUT2D eigenvalue weighted by molar-refractivity contribution is 5.04. The van der Waals surface area contributed by atoms with Crippen molar-refractivity contribution in [3.05, 3.63) is 32.9 Å². The third-order valence-electron chi connectivity index (χ3n) is 5.35. The van der Waals surface area contributed by atoms with Crippen molar-refractivity contribution < 1.29 is 54.3 Å². The van der Waals surface area contributed by atoms with Crippen LogP contribution in [0.3, 0.4) is 0 Å². The van der Waals surface area contributed by atoms with E-state index in [1.807, 2.05) is 0 Å². The first-order chi connectivity index (χ1) is 14.6. The molecule has 0 saturated carbocycles. The van der Waals surface area contributed by atoms with Crippen LogP contribution in [0.1, 0.15) is 0 Å². The standard InChI is InChI=1S/C16H23FN2O12/c17-5-1-19(15(28)18-13(5)27)16(4-22)12(26)11(7(3-21)31-16)30-14-10(25)9(24)8(23)6(2-20)29-14/h1,6-12,14,20-26H,2-4H2,(H,18,27,28)/t6?,7-,8+,9-,10?,11?,12-,14+,16?/m1/s1. The van der Waals surface area contributed by atoms with Gasteiger partial charge in [0.05, 0.1) is 26.0 Å². The monoisotopic (exact) mass is 454 g/mol. The van der Waals surface area contributed by atoms with E-state index in [1.165, 1.54) is 0 Å². The van der Waals surface area contributed by atoms with Crippen LogP contribution in [-0.4, -0.2) is 114 Å². The molecule has 1 aromatic heterocycles. The zero-order chi connectivity index (χ0) is 23.1. The number of aromatic nitrogens is 2. The quantitative estimate of drug-likeness (QED) is 0.201. The molecule has 0 aliphatic carbocycles. The van der Waals surface area contributed by atoms with Gasteiger partial charge in [-0.3, -0.25) is 14.3 Å². The third kappa shape index (κ3) is 3.93. The van der Waals surface area contributed by atoms with E-state index in [2.05, 4.69) is 0 Å². The summed E-state index contributed by atoms with van der Waals surface area (Å²) >= 11 is 0. The molecule has 31 heavy (non-hydrogen) atoms. The molecule has 0 bridgehead atoms. The first kappa shape index (κ1) is 23.9. The minimum Gasteiger partial charge on any atom is -0.394 e. The lowest BCUT2D eigenvalue weighted by Crippen LogP contribution is -2.61. The molecule has 0 spiro atoms. The topological polar surface area (TPSA) is 224 Å². The number of hydrogen-bond acceptors (Lipinski definition) is 12. The first-order valence-electron chi connectivity index (χ1n) is 9.16. The number of H-pyrrole nitrogens is 1. The zero-order valence-corrected chi connectivity index (χ0v) is 15.8. The molecule has 8 N–H and O–H groups in total. The van der Waals surface area contributed by atoms with E-state index in [4.69, 9.17) is 14.2 Å². The minimum atomic E-state index is -2.41. The summed E-state index contributed by atoms with van der Waals surface area (Å²) in [6.07, 6.45) is -13.1. The predicted molar refractivity (Wildman–Crippen MR) is 92.9 cm³/mol. The Hall–Kier alpha value is -1.79. The Balaban J connectivity index is 1.95. The normalized spacial score (nSPS) is 40.9. The average Bonchev–Trinajstić information content (AvgIpc) is 3.03. The predicted octanol–water partition coefficient (Wildman–Crippen LogP) is -5.74. The van der Waals surface area contributed by atoms with Gasteiger partial charge in [-0.15, -0.1) is 0 Å². The molecule has 176 valence electrons. The van der Waals surface area contributed by atoms with Crippen molar-refractivity contribution >= 4 is 0 Å². The highest BCUT2D eigenvalue weighted by atomic mass is 19.1. The molecule has 14 nitrogen and oxygen atoms in total. The molecule has 2 aliphatic heterocycles. The molecule has 2 fully saturated rings. The van der Waals surface area contributed by atoms with Gasteiger partial charge >= 0.3 is 5.69 Å². The van der Waals surface area contributed by atoms with Crippen LogP contribution in [0.25, 0.3) is 0 Å². The highest BCUT2D eigenvalue weighted by Gasteiger charge is 2.58. The van der Waals surface area contributed by atoms with Crippen LogP contribution in [-0.2, 0) is 19.9 Å². The molecule has 9 atom stereocenters. The summed E-state index contributed by atoms with van der Waals surface area (Å²) in [5, 5.41) is 69.4. The summed E-state index contributed by atoms with van der Waals surface area (Å²) in [6.45, 7) is -2.74. The number of aliphatic hydroxyl groups is 7. The Bertz CT molecular complexity index is 892. The van der Waals surface area contributed by atoms with E-state index in [0.29, 0.717) is 10.8 Å². The summed E-state index contributed by atoms with van der Waals surface area (Å²) < 4.78 is 30.2. The van der Waals surface area contributed by atoms with E-state index in [-0.39, 0.29) is 0 Å². The van der Waals surface area contributed by atoms with E-state index in [1.54, 1.807) is 4.98 Å². The average molecular weight is 454 g/mol. The van der Waals surface area contributed by atoms with Gasteiger partial charge in [0.1, 0.15) is 42.7 Å². The Labute approximate surface area is 172 Å². The van der Waals surface area contributed by atoms with Gasteiger partial charge in [0.25, 0.3) is 5.56 Å². The number of nitrogens with one attached hydrogen (secondary N) is 1. The molecular weight excluding hydrogens is 431 g/mol. The van der Waals surface area contributed by atoms with Crippen molar-refractivity contribution in [3.8, 4) is 0 Å². The minimum absolute atomic E-state index is 0.383. The smallest absolute Gasteiger partial charge is 0.331 e. The Kier molecular flexibility index (Phi) is 6.92. The summed E-state index contributed by atoms with van der Waals surface area (Å²) in [6, 6.07) is 0. The molecule has 3 rings (SSSR count). The van der Waals surface area contributed by atoms with Crippen molar-refractivity contribution in [1.82, 2.24) is 9.55 Å². The molecule has 0 radical (unpaired) electrons. The van der Waals surface area contributed by atoms with Crippen LogP contribution in [0.5, 0.6) is 0 Å². The number of halogens is 1. The fraction of sp³-hybridized carbons (Fsp3) is 0.750. The van der Waals surface area contributed by atoms with Crippen molar-refractivity contribution in [3.63, 3.8) is 0 Å². The van der Waals surface area contributed by atoms with Crippen molar-refractivity contribution in [2.24, 2.45) is 0 Å². The molecule has 0 amide bonds. The van der Waals surface area contributed by atoms with Crippen molar-refractivity contribution in [2.75, 3.05) is 19.8 Å². The second kappa shape index (κ2) is 8.99. The van der Waals surface area contributed by atoms with Crippen LogP contribution < -0.4 is 11.2 Å². The summed E-state index contributed by atoms with van der Waals surface area (Å²) in [5.41, 5.74) is -5.01. The molecule has 2 saturated heterocycles. The van der Waals surface area contributed by atoms with Crippen LogP contribution in [0.2, 0.25) is 0 Å². The Morgan fingerprint density at radius 3 is 2.29 bits per heavy atom. The molecule has 4 unspecified atom stereocenters. The van der Waals surface area contributed by atoms with Crippen LogP contribution >= 0.6 is 0 Å². The largest absolute Gasteiger partial charge is 0.394 e. The fourth-order valence-electron chi connectivity index (χ4n) is 3.63. The van der Waals surface area contributed by atoms with Crippen LogP contribution in [0.4, 0.5) is 4.39 Å². The van der Waals surface area contributed by atoms with Gasteiger partial charge in [-0.05, 0) is 0 Å². The lowest BCUT2D eigenvalue weighted by molar-refractivity contribution is -0.318. The van der Waals surface area contributed by atoms with E-state index < -0.39 is 91.6 Å². The highest BCUT2D eigenvalue weighted by Crippen LogP contribution is 2.37. The van der Waals surface area contributed by atoms with Gasteiger partial charge in [-0.25, -0.2) is 4.79 Å².